The van der Waals surface area contributed by atoms with Gasteiger partial charge in [-0.2, -0.15) is 11.3 Å². The Kier molecular flexibility index (Phi) is 4.46. The first-order valence-electron chi connectivity index (χ1n) is 6.89. The lowest BCUT2D eigenvalue weighted by Crippen LogP contribution is -2.28. The maximum absolute atomic E-state index is 11.9. The highest BCUT2D eigenvalue weighted by Gasteiger charge is 2.08. The van der Waals surface area contributed by atoms with Crippen molar-refractivity contribution in [3.8, 4) is 11.3 Å². The molecule has 0 saturated carbocycles. The fraction of sp³-hybridized carbons (Fsp3) is 0.0588. The van der Waals surface area contributed by atoms with E-state index in [0.717, 1.165) is 22.5 Å². The predicted octanol–water partition coefficient (Wildman–Crippen LogP) is 4.13. The Morgan fingerprint density at radius 3 is 2.73 bits per heavy atom. The second-order valence-electron chi connectivity index (χ2n) is 4.70. The number of nitrogens with zero attached hydrogens (tertiary/aromatic N) is 1. The summed E-state index contributed by atoms with van der Waals surface area (Å²) in [5.41, 5.74) is 3.74. The number of thiophene rings is 1. The monoisotopic (exact) mass is 309 g/mol. The molecule has 2 N–H and O–H groups in total. The van der Waals surface area contributed by atoms with Crippen molar-refractivity contribution in [3.63, 3.8) is 0 Å². The van der Waals surface area contributed by atoms with Crippen LogP contribution in [0, 0.1) is 0 Å². The van der Waals surface area contributed by atoms with Crippen molar-refractivity contribution in [2.75, 3.05) is 5.32 Å². The fourth-order valence-electron chi connectivity index (χ4n) is 2.11. The molecular formula is C17H15N3OS. The molecule has 0 bridgehead atoms. The van der Waals surface area contributed by atoms with Crippen LogP contribution in [0.4, 0.5) is 10.5 Å². The van der Waals surface area contributed by atoms with Gasteiger partial charge in [-0.05, 0) is 35.2 Å². The van der Waals surface area contributed by atoms with Crippen molar-refractivity contribution in [2.24, 2.45) is 0 Å². The molecule has 2 amide bonds. The fourth-order valence-corrected chi connectivity index (χ4v) is 2.75. The number of anilines is 1. The molecule has 4 nitrogen and oxygen atoms in total. The van der Waals surface area contributed by atoms with Crippen LogP contribution in [0.1, 0.15) is 5.56 Å². The largest absolute Gasteiger partial charge is 0.334 e. The average Bonchev–Trinajstić information content (AvgIpc) is 3.08. The van der Waals surface area contributed by atoms with Crippen molar-refractivity contribution < 1.29 is 4.79 Å². The van der Waals surface area contributed by atoms with Crippen LogP contribution in [0.15, 0.2) is 65.5 Å². The highest BCUT2D eigenvalue weighted by atomic mass is 32.1. The standard InChI is InChI=1S/C17H15N3OS/c21-17(20-15-6-2-1-3-7-15)19-11-13-5-4-9-18-16(13)14-8-10-22-12-14/h1-10,12H,11H2,(H2,19,20,21). The van der Waals surface area contributed by atoms with E-state index in [1.54, 1.807) is 17.5 Å². The molecule has 0 fully saturated rings. The average molecular weight is 309 g/mol. The molecule has 0 saturated heterocycles. The number of para-hydroxylation sites is 1. The first-order valence-corrected chi connectivity index (χ1v) is 7.83. The van der Waals surface area contributed by atoms with E-state index in [-0.39, 0.29) is 6.03 Å². The summed E-state index contributed by atoms with van der Waals surface area (Å²) in [7, 11) is 0. The number of rotatable bonds is 4. The van der Waals surface area contributed by atoms with Gasteiger partial charge < -0.3 is 10.6 Å². The van der Waals surface area contributed by atoms with Gasteiger partial charge in [-0.1, -0.05) is 24.3 Å². The summed E-state index contributed by atoms with van der Waals surface area (Å²) in [6.45, 7) is 0.428. The van der Waals surface area contributed by atoms with Crippen LogP contribution in [-0.2, 0) is 6.54 Å². The van der Waals surface area contributed by atoms with E-state index >= 15 is 0 Å². The SMILES string of the molecule is O=C(NCc1cccnc1-c1ccsc1)Nc1ccccc1. The summed E-state index contributed by atoms with van der Waals surface area (Å²) in [5, 5.41) is 9.73. The minimum absolute atomic E-state index is 0.230. The molecule has 0 atom stereocenters. The van der Waals surface area contributed by atoms with Crippen LogP contribution < -0.4 is 10.6 Å². The summed E-state index contributed by atoms with van der Waals surface area (Å²) < 4.78 is 0. The molecule has 0 unspecified atom stereocenters. The number of carbonyl (C=O) groups is 1. The summed E-state index contributed by atoms with van der Waals surface area (Å²) in [4.78, 5) is 16.4. The Labute approximate surface area is 132 Å². The molecule has 3 aromatic rings. The van der Waals surface area contributed by atoms with Crippen LogP contribution in [0.2, 0.25) is 0 Å². The van der Waals surface area contributed by atoms with Crippen molar-refractivity contribution in [1.29, 1.82) is 0 Å². The van der Waals surface area contributed by atoms with Gasteiger partial charge >= 0.3 is 6.03 Å². The van der Waals surface area contributed by atoms with Gasteiger partial charge in [-0.15, -0.1) is 0 Å². The Morgan fingerprint density at radius 2 is 1.95 bits per heavy atom. The molecule has 2 aromatic heterocycles. The molecule has 5 heteroatoms. The third-order valence-corrected chi connectivity index (χ3v) is 3.84. The van der Waals surface area contributed by atoms with E-state index in [0.29, 0.717) is 6.54 Å². The molecular weight excluding hydrogens is 294 g/mol. The molecule has 22 heavy (non-hydrogen) atoms. The minimum Gasteiger partial charge on any atom is -0.334 e. The first-order chi connectivity index (χ1) is 10.8. The summed E-state index contributed by atoms with van der Waals surface area (Å²) >= 11 is 1.63. The minimum atomic E-state index is -0.230. The van der Waals surface area contributed by atoms with E-state index in [2.05, 4.69) is 21.0 Å². The molecule has 3 rings (SSSR count). The number of pyridine rings is 1. The topological polar surface area (TPSA) is 54.0 Å². The zero-order valence-corrected chi connectivity index (χ0v) is 12.6. The number of nitrogens with one attached hydrogen (secondary N) is 2. The van der Waals surface area contributed by atoms with Gasteiger partial charge in [0, 0.05) is 29.4 Å². The van der Waals surface area contributed by atoms with Gasteiger partial charge in [-0.3, -0.25) is 4.98 Å². The maximum Gasteiger partial charge on any atom is 0.319 e. The molecule has 0 aliphatic heterocycles. The van der Waals surface area contributed by atoms with Crippen molar-refractivity contribution in [1.82, 2.24) is 10.3 Å². The molecule has 0 aliphatic carbocycles. The molecule has 0 spiro atoms. The van der Waals surface area contributed by atoms with Gasteiger partial charge in [0.05, 0.1) is 5.69 Å². The Hall–Kier alpha value is -2.66. The van der Waals surface area contributed by atoms with Crippen LogP contribution in [0.5, 0.6) is 0 Å². The lowest BCUT2D eigenvalue weighted by Gasteiger charge is -2.10. The van der Waals surface area contributed by atoms with E-state index in [4.69, 9.17) is 0 Å². The maximum atomic E-state index is 11.9. The number of benzene rings is 1. The van der Waals surface area contributed by atoms with Gasteiger partial charge in [-0.25, -0.2) is 4.79 Å². The zero-order chi connectivity index (χ0) is 15.2. The number of carbonyl (C=O) groups excluding carboxylic acids is 1. The summed E-state index contributed by atoms with van der Waals surface area (Å²) in [5.74, 6) is 0. The van der Waals surface area contributed by atoms with E-state index in [1.165, 1.54) is 0 Å². The summed E-state index contributed by atoms with van der Waals surface area (Å²) in [6, 6.07) is 15.0. The lowest BCUT2D eigenvalue weighted by atomic mass is 10.1. The quantitative estimate of drug-likeness (QED) is 0.761. The number of amides is 2. The Morgan fingerprint density at radius 1 is 1.09 bits per heavy atom. The van der Waals surface area contributed by atoms with Crippen molar-refractivity contribution >= 4 is 23.1 Å². The molecule has 2 heterocycles. The number of hydrogen-bond acceptors (Lipinski definition) is 3. The van der Waals surface area contributed by atoms with E-state index < -0.39 is 0 Å². The van der Waals surface area contributed by atoms with E-state index in [1.807, 2.05) is 53.9 Å². The molecule has 0 radical (unpaired) electrons. The predicted molar refractivity (Wildman–Crippen MR) is 89.9 cm³/mol. The Balaban J connectivity index is 1.66. The molecule has 110 valence electrons. The first kappa shape index (κ1) is 14.3. The lowest BCUT2D eigenvalue weighted by molar-refractivity contribution is 0.252. The normalized spacial score (nSPS) is 10.2. The zero-order valence-electron chi connectivity index (χ0n) is 11.8. The second-order valence-corrected chi connectivity index (χ2v) is 5.48. The number of urea groups is 1. The van der Waals surface area contributed by atoms with Gasteiger partial charge in [0.25, 0.3) is 0 Å². The highest BCUT2D eigenvalue weighted by molar-refractivity contribution is 7.08. The van der Waals surface area contributed by atoms with Gasteiger partial charge in [0.15, 0.2) is 0 Å². The van der Waals surface area contributed by atoms with Gasteiger partial charge in [0.2, 0.25) is 0 Å². The number of hydrogen-bond donors (Lipinski definition) is 2. The second kappa shape index (κ2) is 6.87. The van der Waals surface area contributed by atoms with Crippen molar-refractivity contribution in [2.45, 2.75) is 6.54 Å². The highest BCUT2D eigenvalue weighted by Crippen LogP contribution is 2.23. The molecule has 1 aromatic carbocycles. The third kappa shape index (κ3) is 3.51. The smallest absolute Gasteiger partial charge is 0.319 e. The van der Waals surface area contributed by atoms with Crippen LogP contribution in [0.25, 0.3) is 11.3 Å². The number of aromatic nitrogens is 1. The van der Waals surface area contributed by atoms with Crippen LogP contribution >= 0.6 is 11.3 Å². The van der Waals surface area contributed by atoms with E-state index in [9.17, 15) is 4.79 Å². The van der Waals surface area contributed by atoms with Crippen molar-refractivity contribution in [3.05, 3.63) is 71.1 Å². The molecule has 0 aliphatic rings. The van der Waals surface area contributed by atoms with Crippen LogP contribution in [-0.4, -0.2) is 11.0 Å². The Bertz CT molecular complexity index is 742. The summed E-state index contributed by atoms with van der Waals surface area (Å²) in [6.07, 6.45) is 1.76. The third-order valence-electron chi connectivity index (χ3n) is 3.16. The van der Waals surface area contributed by atoms with Gasteiger partial charge in [0.1, 0.15) is 0 Å². The van der Waals surface area contributed by atoms with Crippen LogP contribution in [0.3, 0.4) is 0 Å².